The van der Waals surface area contributed by atoms with Crippen LogP contribution < -0.4 is 11.1 Å². The van der Waals surface area contributed by atoms with Crippen molar-refractivity contribution in [1.82, 2.24) is 0 Å². The van der Waals surface area contributed by atoms with Gasteiger partial charge in [-0.2, -0.15) is 0 Å². The second-order valence-electron chi connectivity index (χ2n) is 7.63. The average molecular weight is 382 g/mol. The van der Waals surface area contributed by atoms with Gasteiger partial charge in [0.1, 0.15) is 5.84 Å². The number of amidine groups is 1. The second kappa shape index (κ2) is 7.35. The number of rotatable bonds is 3. The lowest BCUT2D eigenvalue weighted by Crippen LogP contribution is -2.44. The first-order chi connectivity index (χ1) is 13.1. The standard InChI is InChI=1S/C22H24ClN3O/c23-16-7-4-6-15(12-16)14-25-21-22(10-2-1-3-11-22)13-18-17(20(24)27)8-5-9-19(18)26-21/h4-9,12H,1-3,10-11,13-14H2,(H2,24,27)(H,25,26). The van der Waals surface area contributed by atoms with Gasteiger partial charge >= 0.3 is 0 Å². The van der Waals surface area contributed by atoms with Crippen molar-refractivity contribution in [3.63, 3.8) is 0 Å². The lowest BCUT2D eigenvalue weighted by molar-refractivity contribution is 0.0998. The largest absolute Gasteiger partial charge is 0.366 e. The van der Waals surface area contributed by atoms with Gasteiger partial charge in [-0.3, -0.25) is 9.79 Å². The number of primary amides is 1. The number of fused-ring (bicyclic) bond motifs is 1. The van der Waals surface area contributed by atoms with E-state index < -0.39 is 0 Å². The molecule has 0 radical (unpaired) electrons. The van der Waals surface area contributed by atoms with Gasteiger partial charge in [-0.05, 0) is 54.7 Å². The first kappa shape index (κ1) is 18.1. The van der Waals surface area contributed by atoms with Crippen LogP contribution in [0, 0.1) is 5.41 Å². The van der Waals surface area contributed by atoms with Crippen LogP contribution in [0.3, 0.4) is 0 Å². The van der Waals surface area contributed by atoms with Gasteiger partial charge in [0.15, 0.2) is 0 Å². The molecule has 4 nitrogen and oxygen atoms in total. The van der Waals surface area contributed by atoms with Gasteiger partial charge in [0.25, 0.3) is 0 Å². The maximum Gasteiger partial charge on any atom is 0.249 e. The number of carbonyl (C=O) groups is 1. The average Bonchev–Trinajstić information content (AvgIpc) is 2.66. The molecule has 1 aliphatic heterocycles. The van der Waals surface area contributed by atoms with Crippen LogP contribution in [0.25, 0.3) is 0 Å². The summed E-state index contributed by atoms with van der Waals surface area (Å²) in [5.41, 5.74) is 9.31. The highest BCUT2D eigenvalue weighted by atomic mass is 35.5. The van der Waals surface area contributed by atoms with Crippen LogP contribution in [0.5, 0.6) is 0 Å². The van der Waals surface area contributed by atoms with E-state index >= 15 is 0 Å². The van der Waals surface area contributed by atoms with Gasteiger partial charge < -0.3 is 11.1 Å². The molecule has 0 atom stereocenters. The van der Waals surface area contributed by atoms with E-state index in [1.165, 1.54) is 19.3 Å². The van der Waals surface area contributed by atoms with Crippen molar-refractivity contribution in [3.05, 3.63) is 64.2 Å². The molecule has 1 aliphatic carbocycles. The molecule has 1 heterocycles. The zero-order valence-corrected chi connectivity index (χ0v) is 16.1. The number of benzene rings is 2. The molecule has 2 aliphatic rings. The maximum atomic E-state index is 11.9. The first-order valence-corrected chi connectivity index (χ1v) is 9.93. The summed E-state index contributed by atoms with van der Waals surface area (Å²) < 4.78 is 0. The van der Waals surface area contributed by atoms with E-state index in [0.29, 0.717) is 12.1 Å². The van der Waals surface area contributed by atoms with E-state index in [1.807, 2.05) is 42.5 Å². The number of nitrogens with zero attached hydrogens (tertiary/aromatic N) is 1. The van der Waals surface area contributed by atoms with Crippen molar-refractivity contribution in [3.8, 4) is 0 Å². The summed E-state index contributed by atoms with van der Waals surface area (Å²) >= 11 is 6.11. The monoisotopic (exact) mass is 381 g/mol. The molecule has 0 saturated heterocycles. The summed E-state index contributed by atoms with van der Waals surface area (Å²) in [6.45, 7) is 0.593. The molecule has 27 heavy (non-hydrogen) atoms. The number of anilines is 1. The third kappa shape index (κ3) is 3.59. The van der Waals surface area contributed by atoms with Crippen molar-refractivity contribution in [1.29, 1.82) is 0 Å². The molecule has 5 heteroatoms. The molecule has 0 aromatic heterocycles. The Balaban J connectivity index is 1.72. The molecule has 0 bridgehead atoms. The number of hydrogen-bond acceptors (Lipinski definition) is 2. The van der Waals surface area contributed by atoms with Gasteiger partial charge in [-0.25, -0.2) is 0 Å². The highest BCUT2D eigenvalue weighted by molar-refractivity contribution is 6.30. The Bertz CT molecular complexity index is 900. The van der Waals surface area contributed by atoms with Crippen LogP contribution in [0.15, 0.2) is 47.5 Å². The fourth-order valence-electron chi connectivity index (χ4n) is 4.46. The molecule has 140 valence electrons. The summed E-state index contributed by atoms with van der Waals surface area (Å²) in [5.74, 6) is 0.676. The number of nitrogens with one attached hydrogen (secondary N) is 1. The smallest absolute Gasteiger partial charge is 0.249 e. The first-order valence-electron chi connectivity index (χ1n) is 9.55. The van der Waals surface area contributed by atoms with E-state index in [1.54, 1.807) is 0 Å². The topological polar surface area (TPSA) is 67.5 Å². The summed E-state index contributed by atoms with van der Waals surface area (Å²) in [6, 6.07) is 13.5. The van der Waals surface area contributed by atoms with Crippen LogP contribution in [-0.4, -0.2) is 11.7 Å². The summed E-state index contributed by atoms with van der Waals surface area (Å²) in [6.07, 6.45) is 6.62. The summed E-state index contributed by atoms with van der Waals surface area (Å²) in [4.78, 5) is 16.9. The van der Waals surface area contributed by atoms with E-state index in [4.69, 9.17) is 22.3 Å². The Morgan fingerprint density at radius 2 is 1.93 bits per heavy atom. The van der Waals surface area contributed by atoms with Crippen molar-refractivity contribution >= 4 is 29.0 Å². The molecule has 1 saturated carbocycles. The van der Waals surface area contributed by atoms with E-state index in [2.05, 4.69) is 5.32 Å². The Labute approximate surface area is 164 Å². The normalized spacial score (nSPS) is 19.5. The van der Waals surface area contributed by atoms with E-state index in [-0.39, 0.29) is 11.3 Å². The quantitative estimate of drug-likeness (QED) is 0.789. The Morgan fingerprint density at radius 1 is 1.15 bits per heavy atom. The minimum Gasteiger partial charge on any atom is -0.366 e. The number of carbonyl (C=O) groups excluding carboxylic acids is 1. The van der Waals surface area contributed by atoms with E-state index in [0.717, 1.165) is 46.9 Å². The SMILES string of the molecule is NC(=O)c1cccc2c1CC1(CCCCC1)C(=NCc1cccc(Cl)c1)N2. The van der Waals surface area contributed by atoms with Crippen molar-refractivity contribution in [2.45, 2.75) is 45.1 Å². The summed E-state index contributed by atoms with van der Waals surface area (Å²) in [7, 11) is 0. The lowest BCUT2D eigenvalue weighted by Gasteiger charge is -2.43. The third-order valence-corrected chi connectivity index (χ3v) is 6.07. The Morgan fingerprint density at radius 3 is 2.67 bits per heavy atom. The predicted octanol–water partition coefficient (Wildman–Crippen LogP) is 4.96. The number of halogens is 1. The minimum absolute atomic E-state index is 0.0324. The van der Waals surface area contributed by atoms with Crippen LogP contribution >= 0.6 is 11.6 Å². The molecular weight excluding hydrogens is 358 g/mol. The van der Waals surface area contributed by atoms with Gasteiger partial charge in [0.05, 0.1) is 6.54 Å². The maximum absolute atomic E-state index is 11.9. The number of aliphatic imine (C=N–C) groups is 1. The van der Waals surface area contributed by atoms with Crippen molar-refractivity contribution in [2.75, 3.05) is 5.32 Å². The fourth-order valence-corrected chi connectivity index (χ4v) is 4.68. The van der Waals surface area contributed by atoms with Crippen LogP contribution in [0.4, 0.5) is 5.69 Å². The lowest BCUT2D eigenvalue weighted by atomic mass is 9.67. The molecule has 2 aromatic carbocycles. The molecule has 1 spiro atoms. The fraction of sp³-hybridized carbons (Fsp3) is 0.364. The molecule has 3 N–H and O–H groups in total. The molecule has 4 rings (SSSR count). The van der Waals surface area contributed by atoms with E-state index in [9.17, 15) is 4.79 Å². The Hall–Kier alpha value is -2.33. The zero-order valence-electron chi connectivity index (χ0n) is 15.3. The molecule has 2 aromatic rings. The van der Waals surface area contributed by atoms with Crippen molar-refractivity contribution in [2.24, 2.45) is 16.1 Å². The van der Waals surface area contributed by atoms with Gasteiger partial charge in [0, 0.05) is 21.7 Å². The molecular formula is C22H24ClN3O. The Kier molecular flexibility index (Phi) is 4.92. The molecule has 0 unspecified atom stereocenters. The predicted molar refractivity (Wildman–Crippen MR) is 110 cm³/mol. The number of nitrogens with two attached hydrogens (primary N) is 1. The number of hydrogen-bond donors (Lipinski definition) is 2. The number of amides is 1. The highest BCUT2D eigenvalue weighted by Crippen LogP contribution is 2.45. The van der Waals surface area contributed by atoms with Gasteiger partial charge in [-0.1, -0.05) is 49.1 Å². The van der Waals surface area contributed by atoms with Crippen LogP contribution in [0.2, 0.25) is 5.02 Å². The van der Waals surface area contributed by atoms with Gasteiger partial charge in [0.2, 0.25) is 5.91 Å². The molecule has 1 fully saturated rings. The minimum atomic E-state index is -0.362. The summed E-state index contributed by atoms with van der Waals surface area (Å²) in [5, 5.41) is 4.28. The highest BCUT2D eigenvalue weighted by Gasteiger charge is 2.42. The second-order valence-corrected chi connectivity index (χ2v) is 8.07. The third-order valence-electron chi connectivity index (χ3n) is 5.83. The van der Waals surface area contributed by atoms with Crippen LogP contribution in [0.1, 0.15) is 53.6 Å². The van der Waals surface area contributed by atoms with Crippen molar-refractivity contribution < 1.29 is 4.79 Å². The van der Waals surface area contributed by atoms with Gasteiger partial charge in [-0.15, -0.1) is 0 Å². The van der Waals surface area contributed by atoms with Crippen LogP contribution in [-0.2, 0) is 13.0 Å². The molecule has 1 amide bonds. The zero-order chi connectivity index (χ0) is 18.9.